The minimum Gasteiger partial charge on any atom is -0.491 e. The summed E-state index contributed by atoms with van der Waals surface area (Å²) in [5, 5.41) is 9.42. The Labute approximate surface area is 192 Å². The molecular formula is C24H28N2O7. The van der Waals surface area contributed by atoms with Gasteiger partial charge in [0.25, 0.3) is 5.91 Å². The Morgan fingerprint density at radius 3 is 2.67 bits per heavy atom. The maximum absolute atomic E-state index is 12.0. The predicted molar refractivity (Wildman–Crippen MR) is 122 cm³/mol. The van der Waals surface area contributed by atoms with E-state index in [2.05, 4.69) is 5.48 Å². The van der Waals surface area contributed by atoms with Gasteiger partial charge in [-0.1, -0.05) is 6.92 Å². The van der Waals surface area contributed by atoms with E-state index in [4.69, 9.17) is 19.0 Å². The normalized spacial score (nSPS) is 13.4. The Hall–Kier alpha value is -3.72. The summed E-state index contributed by atoms with van der Waals surface area (Å²) in [4.78, 5) is 30.5. The number of benzene rings is 2. The van der Waals surface area contributed by atoms with Gasteiger partial charge in [-0.15, -0.1) is 0 Å². The van der Waals surface area contributed by atoms with Crippen molar-refractivity contribution >= 4 is 23.3 Å². The van der Waals surface area contributed by atoms with Gasteiger partial charge in [0, 0.05) is 18.7 Å². The molecule has 0 saturated carbocycles. The SMILES string of the molecule is CCCONC(=COc1cc(OC(C)C)cc(C(=O)O)c1)c1ccc2c(c1)N(C)C(=O)CO2. The second-order valence-corrected chi connectivity index (χ2v) is 7.69. The molecule has 1 aliphatic heterocycles. The van der Waals surface area contributed by atoms with E-state index in [1.807, 2.05) is 20.8 Å². The van der Waals surface area contributed by atoms with Crippen LogP contribution in [0.1, 0.15) is 43.1 Å². The fourth-order valence-corrected chi connectivity index (χ4v) is 3.05. The molecule has 2 N–H and O–H groups in total. The van der Waals surface area contributed by atoms with Crippen LogP contribution in [-0.4, -0.2) is 43.3 Å². The van der Waals surface area contributed by atoms with Gasteiger partial charge in [0.2, 0.25) is 0 Å². The summed E-state index contributed by atoms with van der Waals surface area (Å²) in [5.41, 5.74) is 4.69. The summed E-state index contributed by atoms with van der Waals surface area (Å²) in [6.45, 7) is 6.13. The molecule has 0 fully saturated rings. The van der Waals surface area contributed by atoms with E-state index in [-0.39, 0.29) is 29.9 Å². The first kappa shape index (κ1) is 23.9. The monoisotopic (exact) mass is 456 g/mol. The minimum absolute atomic E-state index is 0.00673. The average molecular weight is 456 g/mol. The molecule has 1 heterocycles. The molecule has 33 heavy (non-hydrogen) atoms. The number of likely N-dealkylation sites (N-methyl/N-ethyl adjacent to an activating group) is 1. The van der Waals surface area contributed by atoms with Crippen molar-refractivity contribution in [2.24, 2.45) is 0 Å². The number of anilines is 1. The van der Waals surface area contributed by atoms with Crippen LogP contribution in [-0.2, 0) is 9.63 Å². The highest BCUT2D eigenvalue weighted by atomic mass is 16.6. The van der Waals surface area contributed by atoms with Crippen LogP contribution in [0.15, 0.2) is 42.7 Å². The summed E-state index contributed by atoms with van der Waals surface area (Å²) < 4.78 is 16.9. The van der Waals surface area contributed by atoms with Gasteiger partial charge in [0.15, 0.2) is 6.61 Å². The first-order valence-corrected chi connectivity index (χ1v) is 10.6. The summed E-state index contributed by atoms with van der Waals surface area (Å²) in [6, 6.07) is 9.82. The van der Waals surface area contributed by atoms with Crippen molar-refractivity contribution in [2.75, 3.05) is 25.2 Å². The lowest BCUT2D eigenvalue weighted by Gasteiger charge is -2.26. The molecule has 9 heteroatoms. The third-order valence-corrected chi connectivity index (χ3v) is 4.66. The summed E-state index contributed by atoms with van der Waals surface area (Å²) >= 11 is 0. The lowest BCUT2D eigenvalue weighted by Crippen LogP contribution is -2.35. The highest BCUT2D eigenvalue weighted by molar-refractivity contribution is 5.97. The van der Waals surface area contributed by atoms with Gasteiger partial charge >= 0.3 is 5.97 Å². The number of nitrogens with one attached hydrogen (secondary N) is 1. The fourth-order valence-electron chi connectivity index (χ4n) is 3.05. The molecule has 2 aromatic rings. The van der Waals surface area contributed by atoms with E-state index in [0.717, 1.165) is 6.42 Å². The number of fused-ring (bicyclic) bond motifs is 1. The third kappa shape index (κ3) is 6.17. The van der Waals surface area contributed by atoms with E-state index in [9.17, 15) is 14.7 Å². The lowest BCUT2D eigenvalue weighted by molar-refractivity contribution is -0.120. The van der Waals surface area contributed by atoms with Gasteiger partial charge < -0.3 is 24.2 Å². The molecule has 0 spiro atoms. The Bertz CT molecular complexity index is 1050. The van der Waals surface area contributed by atoms with E-state index in [1.165, 1.54) is 23.3 Å². The Kier molecular flexibility index (Phi) is 7.78. The van der Waals surface area contributed by atoms with Crippen molar-refractivity contribution in [3.05, 3.63) is 53.8 Å². The van der Waals surface area contributed by atoms with Gasteiger partial charge in [0.1, 0.15) is 29.2 Å². The zero-order valence-corrected chi connectivity index (χ0v) is 19.1. The van der Waals surface area contributed by atoms with Crippen LogP contribution in [0.25, 0.3) is 5.70 Å². The molecule has 2 aromatic carbocycles. The number of aromatic carboxylic acids is 1. The van der Waals surface area contributed by atoms with Crippen LogP contribution >= 0.6 is 0 Å². The number of nitrogens with zero attached hydrogens (tertiary/aromatic N) is 1. The standard InChI is InChI=1S/C24H28N2O7/c1-5-8-32-25-20(16-6-7-22-21(11-16)26(4)23(27)14-31-22)13-30-18-9-17(24(28)29)10-19(12-18)33-15(2)3/h6-7,9-13,15,25H,5,8,14H2,1-4H3,(H,28,29). The van der Waals surface area contributed by atoms with Crippen LogP contribution in [0.5, 0.6) is 17.2 Å². The third-order valence-electron chi connectivity index (χ3n) is 4.66. The van der Waals surface area contributed by atoms with Crippen molar-refractivity contribution < 1.29 is 33.7 Å². The molecule has 0 bridgehead atoms. The largest absolute Gasteiger partial charge is 0.491 e. The molecule has 0 saturated heterocycles. The molecule has 3 rings (SSSR count). The van der Waals surface area contributed by atoms with E-state index >= 15 is 0 Å². The number of carbonyl (C=O) groups excluding carboxylic acids is 1. The lowest BCUT2D eigenvalue weighted by atomic mass is 10.1. The van der Waals surface area contributed by atoms with Crippen molar-refractivity contribution in [1.82, 2.24) is 5.48 Å². The quantitative estimate of drug-likeness (QED) is 0.316. The van der Waals surface area contributed by atoms with Crippen molar-refractivity contribution in [3.8, 4) is 17.2 Å². The summed E-state index contributed by atoms with van der Waals surface area (Å²) in [5.74, 6) is 0.0233. The topological polar surface area (TPSA) is 107 Å². The number of ether oxygens (including phenoxy) is 3. The molecular weight excluding hydrogens is 428 g/mol. The first-order chi connectivity index (χ1) is 15.8. The van der Waals surface area contributed by atoms with Gasteiger partial charge in [-0.2, -0.15) is 0 Å². The van der Waals surface area contributed by atoms with Crippen molar-refractivity contribution in [3.63, 3.8) is 0 Å². The second-order valence-electron chi connectivity index (χ2n) is 7.69. The Balaban J connectivity index is 1.93. The maximum atomic E-state index is 12.0. The Morgan fingerprint density at radius 1 is 1.21 bits per heavy atom. The van der Waals surface area contributed by atoms with E-state index < -0.39 is 5.97 Å². The molecule has 0 radical (unpaired) electrons. The second kappa shape index (κ2) is 10.7. The fraction of sp³-hybridized carbons (Fsp3) is 0.333. The molecule has 0 aliphatic carbocycles. The summed E-state index contributed by atoms with van der Waals surface area (Å²) in [7, 11) is 1.68. The van der Waals surface area contributed by atoms with Gasteiger partial charge in [-0.3, -0.25) is 15.1 Å². The van der Waals surface area contributed by atoms with E-state index in [1.54, 1.807) is 31.3 Å². The number of carboxylic acid groups (broad SMARTS) is 1. The van der Waals surface area contributed by atoms with Crippen LogP contribution in [0.2, 0.25) is 0 Å². The van der Waals surface area contributed by atoms with Crippen molar-refractivity contribution in [2.45, 2.75) is 33.3 Å². The maximum Gasteiger partial charge on any atom is 0.335 e. The molecule has 1 aliphatic rings. The number of hydroxylamine groups is 1. The number of carboxylic acids is 1. The molecule has 9 nitrogen and oxygen atoms in total. The predicted octanol–water partition coefficient (Wildman–Crippen LogP) is 3.84. The number of amides is 1. The highest BCUT2D eigenvalue weighted by Gasteiger charge is 2.23. The summed E-state index contributed by atoms with van der Waals surface area (Å²) in [6.07, 6.45) is 2.09. The first-order valence-electron chi connectivity index (χ1n) is 10.6. The highest BCUT2D eigenvalue weighted by Crippen LogP contribution is 2.34. The zero-order chi connectivity index (χ0) is 24.0. The number of hydrogen-bond acceptors (Lipinski definition) is 7. The zero-order valence-electron chi connectivity index (χ0n) is 19.1. The average Bonchev–Trinajstić information content (AvgIpc) is 2.78. The van der Waals surface area contributed by atoms with Crippen molar-refractivity contribution in [1.29, 1.82) is 0 Å². The number of hydrogen-bond donors (Lipinski definition) is 2. The smallest absolute Gasteiger partial charge is 0.335 e. The van der Waals surface area contributed by atoms with Crippen LogP contribution in [0.3, 0.4) is 0 Å². The van der Waals surface area contributed by atoms with Crippen LogP contribution in [0.4, 0.5) is 5.69 Å². The number of rotatable bonds is 10. The minimum atomic E-state index is -1.09. The molecule has 0 unspecified atom stereocenters. The van der Waals surface area contributed by atoms with Gasteiger partial charge in [-0.05, 0) is 50.6 Å². The molecule has 0 aromatic heterocycles. The van der Waals surface area contributed by atoms with E-state index in [0.29, 0.717) is 35.1 Å². The van der Waals surface area contributed by atoms with Crippen LogP contribution in [0, 0.1) is 0 Å². The van der Waals surface area contributed by atoms with Gasteiger partial charge in [-0.25, -0.2) is 4.79 Å². The van der Waals surface area contributed by atoms with Gasteiger partial charge in [0.05, 0.1) is 24.0 Å². The number of carbonyl (C=O) groups is 2. The Morgan fingerprint density at radius 2 is 1.97 bits per heavy atom. The molecule has 1 amide bonds. The molecule has 176 valence electrons. The molecule has 0 atom stereocenters. The van der Waals surface area contributed by atoms with Crippen LogP contribution < -0.4 is 24.6 Å².